The number of rotatable bonds is 4. The van der Waals surface area contributed by atoms with Gasteiger partial charge in [0.2, 0.25) is 0 Å². The van der Waals surface area contributed by atoms with Gasteiger partial charge in [-0.25, -0.2) is 4.39 Å². The van der Waals surface area contributed by atoms with Crippen LogP contribution in [0.2, 0.25) is 5.02 Å². The van der Waals surface area contributed by atoms with Crippen LogP contribution in [0.3, 0.4) is 0 Å². The van der Waals surface area contributed by atoms with E-state index in [1.165, 1.54) is 18.2 Å². The highest BCUT2D eigenvalue weighted by Crippen LogP contribution is 2.22. The zero-order valence-electron chi connectivity index (χ0n) is 9.77. The molecule has 0 amide bonds. The SMILES string of the molecule is O=[N+]([O-])c1ccccc1CNc1ccc(Cl)cc1F. The Hall–Kier alpha value is -2.14. The molecule has 2 aromatic carbocycles. The third-order valence-electron chi connectivity index (χ3n) is 2.59. The lowest BCUT2D eigenvalue weighted by Crippen LogP contribution is -2.04. The summed E-state index contributed by atoms with van der Waals surface area (Å²) >= 11 is 5.64. The number of hydrogen-bond acceptors (Lipinski definition) is 3. The maximum absolute atomic E-state index is 13.5. The molecule has 6 heteroatoms. The minimum absolute atomic E-state index is 0.00405. The number of benzene rings is 2. The van der Waals surface area contributed by atoms with Gasteiger partial charge in [0.25, 0.3) is 5.69 Å². The Morgan fingerprint density at radius 1 is 1.26 bits per heavy atom. The lowest BCUT2D eigenvalue weighted by atomic mass is 10.1. The van der Waals surface area contributed by atoms with Crippen molar-refractivity contribution in [1.82, 2.24) is 0 Å². The van der Waals surface area contributed by atoms with Gasteiger partial charge in [0.05, 0.1) is 10.6 Å². The molecule has 0 saturated heterocycles. The first-order chi connectivity index (χ1) is 9.08. The van der Waals surface area contributed by atoms with Crippen molar-refractivity contribution < 1.29 is 9.31 Å². The summed E-state index contributed by atoms with van der Waals surface area (Å²) in [5.74, 6) is -0.494. The fourth-order valence-electron chi connectivity index (χ4n) is 1.66. The second kappa shape index (κ2) is 5.67. The van der Waals surface area contributed by atoms with E-state index in [1.807, 2.05) is 0 Å². The molecule has 0 atom stereocenters. The number of hydrogen-bond donors (Lipinski definition) is 1. The zero-order valence-corrected chi connectivity index (χ0v) is 10.5. The van der Waals surface area contributed by atoms with Gasteiger partial charge in [-0.3, -0.25) is 10.1 Å². The number of para-hydroxylation sites is 1. The van der Waals surface area contributed by atoms with E-state index in [-0.39, 0.29) is 17.9 Å². The third kappa shape index (κ3) is 3.20. The largest absolute Gasteiger partial charge is 0.378 e. The van der Waals surface area contributed by atoms with E-state index in [0.717, 1.165) is 0 Å². The van der Waals surface area contributed by atoms with Crippen LogP contribution in [0.5, 0.6) is 0 Å². The fourth-order valence-corrected chi connectivity index (χ4v) is 1.82. The molecule has 0 radical (unpaired) electrons. The molecule has 0 aliphatic rings. The Kier molecular flexibility index (Phi) is 3.97. The molecule has 19 heavy (non-hydrogen) atoms. The maximum Gasteiger partial charge on any atom is 0.274 e. The predicted molar refractivity (Wildman–Crippen MR) is 71.8 cm³/mol. The minimum Gasteiger partial charge on any atom is -0.378 e. The van der Waals surface area contributed by atoms with E-state index < -0.39 is 10.7 Å². The average Bonchev–Trinajstić information content (AvgIpc) is 2.38. The summed E-state index contributed by atoms with van der Waals surface area (Å²) in [5, 5.41) is 13.9. The summed E-state index contributed by atoms with van der Waals surface area (Å²) in [6.45, 7) is 0.162. The van der Waals surface area contributed by atoms with E-state index in [0.29, 0.717) is 10.6 Å². The lowest BCUT2D eigenvalue weighted by Gasteiger charge is -2.08. The number of anilines is 1. The number of halogens is 2. The summed E-state index contributed by atoms with van der Waals surface area (Å²) in [7, 11) is 0. The quantitative estimate of drug-likeness (QED) is 0.680. The molecule has 0 aromatic heterocycles. The topological polar surface area (TPSA) is 55.2 Å². The zero-order chi connectivity index (χ0) is 13.8. The first-order valence-electron chi connectivity index (χ1n) is 5.49. The monoisotopic (exact) mass is 280 g/mol. The van der Waals surface area contributed by atoms with Crippen LogP contribution in [0.15, 0.2) is 42.5 Å². The molecule has 1 N–H and O–H groups in total. The Labute approximate surface area is 114 Å². The van der Waals surface area contributed by atoms with Gasteiger partial charge < -0.3 is 5.32 Å². The molecule has 0 bridgehead atoms. The van der Waals surface area contributed by atoms with Gasteiger partial charge in [-0.1, -0.05) is 29.8 Å². The van der Waals surface area contributed by atoms with Crippen LogP contribution in [-0.2, 0) is 6.54 Å². The molecule has 2 rings (SSSR count). The highest BCUT2D eigenvalue weighted by atomic mass is 35.5. The Balaban J connectivity index is 2.17. The van der Waals surface area contributed by atoms with Crippen LogP contribution >= 0.6 is 11.6 Å². The summed E-state index contributed by atoms with van der Waals surface area (Å²) < 4.78 is 13.5. The van der Waals surface area contributed by atoms with E-state index in [4.69, 9.17) is 11.6 Å². The highest BCUT2D eigenvalue weighted by molar-refractivity contribution is 6.30. The minimum atomic E-state index is -0.494. The maximum atomic E-state index is 13.5. The van der Waals surface area contributed by atoms with Crippen LogP contribution in [0.4, 0.5) is 15.8 Å². The fraction of sp³-hybridized carbons (Fsp3) is 0.0769. The molecule has 0 aliphatic heterocycles. The van der Waals surface area contributed by atoms with Crippen LogP contribution in [-0.4, -0.2) is 4.92 Å². The van der Waals surface area contributed by atoms with E-state index in [1.54, 1.807) is 24.3 Å². The summed E-state index contributed by atoms with van der Waals surface area (Å²) in [6, 6.07) is 10.5. The summed E-state index contributed by atoms with van der Waals surface area (Å²) in [5.41, 5.74) is 0.744. The number of nitro benzene ring substituents is 1. The van der Waals surface area contributed by atoms with Gasteiger partial charge in [-0.05, 0) is 18.2 Å². The van der Waals surface area contributed by atoms with Gasteiger partial charge in [0.1, 0.15) is 5.82 Å². The van der Waals surface area contributed by atoms with Crippen LogP contribution in [0.25, 0.3) is 0 Å². The average molecular weight is 281 g/mol. The molecule has 0 heterocycles. The highest BCUT2D eigenvalue weighted by Gasteiger charge is 2.12. The van der Waals surface area contributed by atoms with Gasteiger partial charge in [0, 0.05) is 23.2 Å². The summed E-state index contributed by atoms with van der Waals surface area (Å²) in [6.07, 6.45) is 0. The van der Waals surface area contributed by atoms with Crippen molar-refractivity contribution in [1.29, 1.82) is 0 Å². The van der Waals surface area contributed by atoms with Crippen LogP contribution < -0.4 is 5.32 Å². The van der Waals surface area contributed by atoms with Crippen LogP contribution in [0.1, 0.15) is 5.56 Å². The van der Waals surface area contributed by atoms with Gasteiger partial charge in [0.15, 0.2) is 0 Å². The first-order valence-corrected chi connectivity index (χ1v) is 5.87. The van der Waals surface area contributed by atoms with Crippen molar-refractivity contribution in [2.45, 2.75) is 6.54 Å². The van der Waals surface area contributed by atoms with Crippen molar-refractivity contribution in [2.75, 3.05) is 5.32 Å². The van der Waals surface area contributed by atoms with E-state index in [9.17, 15) is 14.5 Å². The molecule has 2 aromatic rings. The molecule has 0 saturated carbocycles. The second-order valence-electron chi connectivity index (χ2n) is 3.86. The lowest BCUT2D eigenvalue weighted by molar-refractivity contribution is -0.385. The molecular formula is C13H10ClFN2O2. The molecule has 0 aliphatic carbocycles. The molecular weight excluding hydrogens is 271 g/mol. The molecule has 4 nitrogen and oxygen atoms in total. The molecule has 0 unspecified atom stereocenters. The smallest absolute Gasteiger partial charge is 0.274 e. The number of nitro groups is 1. The molecule has 0 spiro atoms. The van der Waals surface area contributed by atoms with Crippen LogP contribution in [0, 0.1) is 15.9 Å². The summed E-state index contributed by atoms with van der Waals surface area (Å²) in [4.78, 5) is 10.4. The van der Waals surface area contributed by atoms with Crippen molar-refractivity contribution in [3.63, 3.8) is 0 Å². The van der Waals surface area contributed by atoms with Gasteiger partial charge in [-0.15, -0.1) is 0 Å². The van der Waals surface area contributed by atoms with E-state index >= 15 is 0 Å². The van der Waals surface area contributed by atoms with Crippen molar-refractivity contribution in [3.05, 3.63) is 69.0 Å². The Morgan fingerprint density at radius 2 is 2.00 bits per heavy atom. The number of nitrogens with one attached hydrogen (secondary N) is 1. The predicted octanol–water partition coefficient (Wildman–Crippen LogP) is 4.00. The Bertz CT molecular complexity index is 619. The third-order valence-corrected chi connectivity index (χ3v) is 2.82. The normalized spacial score (nSPS) is 10.2. The van der Waals surface area contributed by atoms with Crippen molar-refractivity contribution in [3.8, 4) is 0 Å². The Morgan fingerprint density at radius 3 is 2.68 bits per heavy atom. The van der Waals surface area contributed by atoms with E-state index in [2.05, 4.69) is 5.32 Å². The second-order valence-corrected chi connectivity index (χ2v) is 4.30. The van der Waals surface area contributed by atoms with Gasteiger partial charge in [-0.2, -0.15) is 0 Å². The standard InChI is InChI=1S/C13H10ClFN2O2/c14-10-5-6-12(11(15)7-10)16-8-9-3-1-2-4-13(9)17(18)19/h1-7,16H,8H2. The number of nitrogens with zero attached hydrogens (tertiary/aromatic N) is 1. The van der Waals surface area contributed by atoms with Crippen molar-refractivity contribution in [2.24, 2.45) is 0 Å². The first kappa shape index (κ1) is 13.3. The molecule has 0 fully saturated rings. The molecule has 98 valence electrons. The van der Waals surface area contributed by atoms with Crippen molar-refractivity contribution >= 4 is 23.0 Å². The van der Waals surface area contributed by atoms with Gasteiger partial charge >= 0.3 is 0 Å².